The van der Waals surface area contributed by atoms with Crippen molar-refractivity contribution in [2.24, 2.45) is 0 Å². The minimum Gasteiger partial charge on any atom is -0.341 e. The normalized spacial score (nSPS) is 32.3. The average Bonchev–Trinajstić information content (AvgIpc) is 3.04. The van der Waals surface area contributed by atoms with Gasteiger partial charge in [-0.3, -0.25) is 14.6 Å². The Balaban J connectivity index is 1.88. The predicted octanol–water partition coefficient (Wildman–Crippen LogP) is 1.38. The second-order valence-corrected chi connectivity index (χ2v) is 6.52. The first-order valence-electron chi connectivity index (χ1n) is 7.95. The van der Waals surface area contributed by atoms with Crippen LogP contribution in [0.25, 0.3) is 0 Å². The van der Waals surface area contributed by atoms with Gasteiger partial charge in [-0.15, -0.1) is 0 Å². The third-order valence-corrected chi connectivity index (χ3v) is 5.23. The predicted molar refractivity (Wildman–Crippen MR) is 82.7 cm³/mol. The number of piperazine rings is 1. The molecule has 1 amide bonds. The monoisotopic (exact) mass is 290 g/mol. The number of likely N-dealkylation sites (tertiary alicyclic amines) is 1. The maximum absolute atomic E-state index is 11.2. The lowest BCUT2D eigenvalue weighted by Gasteiger charge is -2.54. The maximum Gasteiger partial charge on any atom is 0.209 e. The Labute approximate surface area is 127 Å². The van der Waals surface area contributed by atoms with Crippen molar-refractivity contribution >= 4 is 6.41 Å². The highest BCUT2D eigenvalue weighted by molar-refractivity contribution is 5.47. The van der Waals surface area contributed by atoms with E-state index in [1.165, 1.54) is 12.8 Å². The lowest BCUT2D eigenvalue weighted by Crippen LogP contribution is -2.65. The number of likely N-dealkylation sites (N-methyl/N-ethyl adjacent to an activating group) is 1. The van der Waals surface area contributed by atoms with E-state index in [0.29, 0.717) is 6.17 Å². The Hall–Kier alpha value is -1.33. The number of carbonyl (C=O) groups is 1. The third-order valence-electron chi connectivity index (χ3n) is 5.23. The topological polar surface area (TPSA) is 31.7 Å². The molecule has 5 heteroatoms. The molecule has 3 heterocycles. The van der Waals surface area contributed by atoms with Gasteiger partial charge in [0.1, 0.15) is 0 Å². The highest BCUT2D eigenvalue weighted by Crippen LogP contribution is 2.35. The second kappa shape index (κ2) is 5.81. The minimum atomic E-state index is 0.00652. The average molecular weight is 290 g/mol. The van der Waals surface area contributed by atoms with Crippen LogP contribution in [-0.4, -0.2) is 65.1 Å². The van der Waals surface area contributed by atoms with E-state index in [1.54, 1.807) is 0 Å². The van der Waals surface area contributed by atoms with Crippen LogP contribution in [0.1, 0.15) is 26.2 Å². The number of hydrogen-bond donors (Lipinski definition) is 0. The Kier molecular flexibility index (Phi) is 4.04. The van der Waals surface area contributed by atoms with Crippen LogP contribution in [0.4, 0.5) is 0 Å². The number of nitrogens with zero attached hydrogens (tertiary/aromatic N) is 4. The molecule has 2 aliphatic rings. The summed E-state index contributed by atoms with van der Waals surface area (Å²) < 4.78 is 2.33. The summed E-state index contributed by atoms with van der Waals surface area (Å²) >= 11 is 0. The van der Waals surface area contributed by atoms with Gasteiger partial charge in [-0.05, 0) is 45.4 Å². The van der Waals surface area contributed by atoms with Gasteiger partial charge >= 0.3 is 0 Å². The maximum atomic E-state index is 11.2. The fourth-order valence-corrected chi connectivity index (χ4v) is 3.84. The summed E-state index contributed by atoms with van der Waals surface area (Å²) in [7, 11) is 2.18. The molecule has 1 aromatic rings. The van der Waals surface area contributed by atoms with Gasteiger partial charge in [-0.25, -0.2) is 0 Å². The molecule has 0 aliphatic carbocycles. The molecule has 0 N–H and O–H groups in total. The van der Waals surface area contributed by atoms with Gasteiger partial charge in [0.15, 0.2) is 0 Å². The van der Waals surface area contributed by atoms with Crippen molar-refractivity contribution in [3.8, 4) is 0 Å². The van der Waals surface area contributed by atoms with E-state index < -0.39 is 0 Å². The fourth-order valence-electron chi connectivity index (χ4n) is 3.84. The van der Waals surface area contributed by atoms with Crippen LogP contribution < -0.4 is 0 Å². The quantitative estimate of drug-likeness (QED) is 0.788. The molecule has 2 fully saturated rings. The molecule has 0 radical (unpaired) electrons. The van der Waals surface area contributed by atoms with Crippen molar-refractivity contribution in [1.29, 1.82) is 0 Å². The molecule has 0 spiro atoms. The molecule has 2 saturated heterocycles. The molecular weight excluding hydrogens is 264 g/mol. The summed E-state index contributed by atoms with van der Waals surface area (Å²) in [5.41, 5.74) is 0.00652. The van der Waals surface area contributed by atoms with E-state index in [9.17, 15) is 4.79 Å². The van der Waals surface area contributed by atoms with Crippen LogP contribution in [0.5, 0.6) is 0 Å². The van der Waals surface area contributed by atoms with Crippen LogP contribution in [-0.2, 0) is 10.5 Å². The van der Waals surface area contributed by atoms with E-state index >= 15 is 0 Å². The van der Waals surface area contributed by atoms with Crippen LogP contribution in [0.15, 0.2) is 24.5 Å². The standard InChI is InChI=1S/C16H26N4O/c1-16(19-8-5-6-9-19)7-3-4-10-20(16)15-13-18(14-21)12-11-17(15)2/h5-6,8-9,14-15H,3-4,7,10-13H2,1-2H3. The number of hydrogen-bond acceptors (Lipinski definition) is 3. The smallest absolute Gasteiger partial charge is 0.209 e. The van der Waals surface area contributed by atoms with Crippen molar-refractivity contribution in [3.05, 3.63) is 24.5 Å². The Morgan fingerprint density at radius 1 is 1.14 bits per heavy atom. The molecule has 2 aliphatic heterocycles. The van der Waals surface area contributed by atoms with Crippen LogP contribution in [0.2, 0.25) is 0 Å². The van der Waals surface area contributed by atoms with Crippen molar-refractivity contribution in [3.63, 3.8) is 0 Å². The van der Waals surface area contributed by atoms with Crippen LogP contribution >= 0.6 is 0 Å². The van der Waals surface area contributed by atoms with Gasteiger partial charge in [-0.2, -0.15) is 0 Å². The molecule has 2 atom stereocenters. The lowest BCUT2D eigenvalue weighted by molar-refractivity contribution is -0.133. The van der Waals surface area contributed by atoms with Gasteiger partial charge in [0, 0.05) is 38.6 Å². The summed E-state index contributed by atoms with van der Waals surface area (Å²) in [6.45, 7) is 6.01. The number of carbonyl (C=O) groups excluding carboxylic acids is 1. The van der Waals surface area contributed by atoms with E-state index in [4.69, 9.17) is 0 Å². The highest BCUT2D eigenvalue weighted by Gasteiger charge is 2.42. The van der Waals surface area contributed by atoms with Crippen molar-refractivity contribution in [2.45, 2.75) is 38.0 Å². The molecule has 116 valence electrons. The Bertz CT molecular complexity index is 475. The SMILES string of the molecule is CN1CCN(C=O)CC1N1CCCCC1(C)n1cccc1. The van der Waals surface area contributed by atoms with E-state index in [0.717, 1.165) is 39.0 Å². The summed E-state index contributed by atoms with van der Waals surface area (Å²) in [6, 6.07) is 4.20. The van der Waals surface area contributed by atoms with Gasteiger partial charge < -0.3 is 9.47 Å². The number of piperidine rings is 1. The first-order chi connectivity index (χ1) is 10.1. The molecule has 21 heavy (non-hydrogen) atoms. The second-order valence-electron chi connectivity index (χ2n) is 6.52. The van der Waals surface area contributed by atoms with Crippen molar-refractivity contribution in [2.75, 3.05) is 33.2 Å². The van der Waals surface area contributed by atoms with Crippen LogP contribution in [0.3, 0.4) is 0 Å². The van der Waals surface area contributed by atoms with E-state index in [-0.39, 0.29) is 5.66 Å². The summed E-state index contributed by atoms with van der Waals surface area (Å²) in [4.78, 5) is 18.1. The zero-order chi connectivity index (χ0) is 14.9. The lowest BCUT2D eigenvalue weighted by atomic mass is 9.95. The van der Waals surface area contributed by atoms with Gasteiger partial charge in [0.25, 0.3) is 0 Å². The third kappa shape index (κ3) is 2.60. The van der Waals surface area contributed by atoms with Gasteiger partial charge in [0.05, 0.1) is 11.8 Å². The number of amides is 1. The van der Waals surface area contributed by atoms with E-state index in [1.807, 2.05) is 4.90 Å². The van der Waals surface area contributed by atoms with Crippen LogP contribution in [0, 0.1) is 0 Å². The van der Waals surface area contributed by atoms with Crippen molar-refractivity contribution < 1.29 is 4.79 Å². The molecule has 0 saturated carbocycles. The first kappa shape index (κ1) is 14.6. The minimum absolute atomic E-state index is 0.00652. The van der Waals surface area contributed by atoms with Gasteiger partial charge in [-0.1, -0.05) is 0 Å². The summed E-state index contributed by atoms with van der Waals surface area (Å²) in [5, 5.41) is 0. The summed E-state index contributed by atoms with van der Waals surface area (Å²) in [6.07, 6.45) is 9.29. The molecular formula is C16H26N4O. The first-order valence-corrected chi connectivity index (χ1v) is 7.95. The zero-order valence-electron chi connectivity index (χ0n) is 13.1. The highest BCUT2D eigenvalue weighted by atomic mass is 16.1. The molecule has 0 aromatic carbocycles. The van der Waals surface area contributed by atoms with Crippen molar-refractivity contribution in [1.82, 2.24) is 19.3 Å². The Morgan fingerprint density at radius 2 is 1.90 bits per heavy atom. The molecule has 0 bridgehead atoms. The molecule has 2 unspecified atom stereocenters. The molecule has 5 nitrogen and oxygen atoms in total. The Morgan fingerprint density at radius 3 is 2.62 bits per heavy atom. The largest absolute Gasteiger partial charge is 0.341 e. The van der Waals surface area contributed by atoms with Gasteiger partial charge in [0.2, 0.25) is 6.41 Å². The number of aromatic nitrogens is 1. The zero-order valence-corrected chi connectivity index (χ0v) is 13.1. The molecule has 1 aromatic heterocycles. The fraction of sp³-hybridized carbons (Fsp3) is 0.688. The summed E-state index contributed by atoms with van der Waals surface area (Å²) in [5.74, 6) is 0. The molecule has 3 rings (SSSR count). The van der Waals surface area contributed by atoms with E-state index in [2.05, 4.69) is 52.9 Å². The number of rotatable bonds is 3.